The van der Waals surface area contributed by atoms with E-state index in [0.29, 0.717) is 0 Å². The average Bonchev–Trinajstić information content (AvgIpc) is 2.38. The Hall–Kier alpha value is -0.960. The monoisotopic (exact) mass is 305 g/mol. The summed E-state index contributed by atoms with van der Waals surface area (Å²) in [6.07, 6.45) is 0.798. The highest BCUT2D eigenvalue weighted by atomic mass is 35.5. The number of rotatable bonds is 4. The van der Waals surface area contributed by atoms with Crippen molar-refractivity contribution in [1.82, 2.24) is 0 Å². The molecule has 0 amide bonds. The van der Waals surface area contributed by atoms with Crippen LogP contribution in [0.25, 0.3) is 0 Å². The summed E-state index contributed by atoms with van der Waals surface area (Å²) >= 11 is 8.08. The van der Waals surface area contributed by atoms with Gasteiger partial charge in [0.15, 0.2) is 0 Å². The van der Waals surface area contributed by atoms with Crippen LogP contribution < -0.4 is 5.73 Å². The van der Waals surface area contributed by atoms with Crippen LogP contribution in [-0.4, -0.2) is 6.04 Å². The Labute approximate surface area is 130 Å². The molecule has 0 aliphatic carbocycles. The highest BCUT2D eigenvalue weighted by Crippen LogP contribution is 2.35. The van der Waals surface area contributed by atoms with E-state index in [1.807, 2.05) is 19.1 Å². The Morgan fingerprint density at radius 3 is 2.55 bits per heavy atom. The molecule has 2 aromatic rings. The normalized spacial score (nSPS) is 12.4. The minimum absolute atomic E-state index is 0.106. The topological polar surface area (TPSA) is 26.0 Å². The van der Waals surface area contributed by atoms with Crippen molar-refractivity contribution in [1.29, 1.82) is 0 Å². The third kappa shape index (κ3) is 3.78. The molecule has 0 spiro atoms. The number of benzene rings is 2. The van der Waals surface area contributed by atoms with Gasteiger partial charge in [0, 0.05) is 20.9 Å². The van der Waals surface area contributed by atoms with E-state index in [9.17, 15) is 0 Å². The summed E-state index contributed by atoms with van der Waals surface area (Å²) < 4.78 is 0. The van der Waals surface area contributed by atoms with Crippen molar-refractivity contribution in [2.45, 2.75) is 43.0 Å². The van der Waals surface area contributed by atoms with Gasteiger partial charge >= 0.3 is 0 Å². The Kier molecular flexibility index (Phi) is 5.14. The maximum absolute atomic E-state index is 6.33. The molecule has 3 heteroatoms. The van der Waals surface area contributed by atoms with Crippen LogP contribution in [0.2, 0.25) is 5.02 Å². The number of nitrogens with two attached hydrogens (primary N) is 1. The zero-order valence-corrected chi connectivity index (χ0v) is 13.7. The Morgan fingerprint density at radius 1 is 1.15 bits per heavy atom. The van der Waals surface area contributed by atoms with Gasteiger partial charge in [-0.1, -0.05) is 35.5 Å². The molecular weight excluding hydrogens is 286 g/mol. The van der Waals surface area contributed by atoms with Crippen molar-refractivity contribution in [3.8, 4) is 0 Å². The van der Waals surface area contributed by atoms with Gasteiger partial charge in [-0.05, 0) is 68.1 Å². The van der Waals surface area contributed by atoms with Crippen LogP contribution in [0.3, 0.4) is 0 Å². The van der Waals surface area contributed by atoms with Gasteiger partial charge in [0.2, 0.25) is 0 Å². The molecule has 2 N–H and O–H groups in total. The molecule has 0 radical (unpaired) electrons. The minimum atomic E-state index is 0.106. The fourth-order valence-corrected chi connectivity index (χ4v) is 3.46. The summed E-state index contributed by atoms with van der Waals surface area (Å²) in [6.45, 7) is 6.28. The van der Waals surface area contributed by atoms with E-state index in [4.69, 9.17) is 17.3 Å². The van der Waals surface area contributed by atoms with Crippen molar-refractivity contribution >= 4 is 23.4 Å². The highest BCUT2D eigenvalue weighted by molar-refractivity contribution is 7.99. The van der Waals surface area contributed by atoms with Gasteiger partial charge in [-0.3, -0.25) is 0 Å². The summed E-state index contributed by atoms with van der Waals surface area (Å²) in [5.41, 5.74) is 9.70. The molecule has 20 heavy (non-hydrogen) atoms. The van der Waals surface area contributed by atoms with Gasteiger partial charge in [-0.25, -0.2) is 0 Å². The number of hydrogen-bond donors (Lipinski definition) is 1. The second kappa shape index (κ2) is 6.66. The van der Waals surface area contributed by atoms with Crippen LogP contribution in [0, 0.1) is 13.8 Å². The third-order valence-corrected chi connectivity index (χ3v) is 4.75. The molecule has 0 aliphatic rings. The lowest BCUT2D eigenvalue weighted by Gasteiger charge is -2.13. The molecule has 2 aromatic carbocycles. The lowest BCUT2D eigenvalue weighted by atomic mass is 10.1. The molecule has 0 fully saturated rings. The lowest BCUT2D eigenvalue weighted by Crippen LogP contribution is -2.18. The van der Waals surface area contributed by atoms with Crippen LogP contribution in [0.5, 0.6) is 0 Å². The molecule has 0 aromatic heterocycles. The fourth-order valence-electron chi connectivity index (χ4n) is 2.06. The van der Waals surface area contributed by atoms with Crippen LogP contribution in [0.15, 0.2) is 46.2 Å². The Bertz CT molecular complexity index is 608. The molecule has 106 valence electrons. The first-order valence-electron chi connectivity index (χ1n) is 6.75. The summed E-state index contributed by atoms with van der Waals surface area (Å²) in [6, 6.07) is 12.7. The maximum Gasteiger partial charge on any atom is 0.0449 e. The SMILES string of the molecule is Cc1ccc(Sc2cccc(Cl)c2CC(C)N)cc1C. The van der Waals surface area contributed by atoms with E-state index in [1.54, 1.807) is 11.8 Å². The van der Waals surface area contributed by atoms with Crippen molar-refractivity contribution in [3.63, 3.8) is 0 Å². The van der Waals surface area contributed by atoms with Gasteiger partial charge in [0.25, 0.3) is 0 Å². The molecule has 0 saturated heterocycles. The molecule has 1 nitrogen and oxygen atoms in total. The summed E-state index contributed by atoms with van der Waals surface area (Å²) in [5, 5.41) is 0.802. The van der Waals surface area contributed by atoms with Gasteiger partial charge in [0.05, 0.1) is 0 Å². The maximum atomic E-state index is 6.33. The number of hydrogen-bond acceptors (Lipinski definition) is 2. The molecular formula is C17H20ClNS. The summed E-state index contributed by atoms with van der Waals surface area (Å²) in [4.78, 5) is 2.43. The van der Waals surface area contributed by atoms with Gasteiger partial charge in [-0.15, -0.1) is 0 Å². The second-order valence-electron chi connectivity index (χ2n) is 5.25. The molecule has 1 atom stereocenters. The van der Waals surface area contributed by atoms with Crippen molar-refractivity contribution in [3.05, 3.63) is 58.1 Å². The average molecular weight is 306 g/mol. The minimum Gasteiger partial charge on any atom is -0.328 e. The zero-order valence-electron chi connectivity index (χ0n) is 12.1. The van der Waals surface area contributed by atoms with E-state index in [-0.39, 0.29) is 6.04 Å². The van der Waals surface area contributed by atoms with Crippen LogP contribution >= 0.6 is 23.4 Å². The second-order valence-corrected chi connectivity index (χ2v) is 6.77. The predicted octanol–water partition coefficient (Wildman–Crippen LogP) is 5.00. The van der Waals surface area contributed by atoms with Crippen LogP contribution in [0.1, 0.15) is 23.6 Å². The van der Waals surface area contributed by atoms with Crippen molar-refractivity contribution in [2.75, 3.05) is 0 Å². The summed E-state index contributed by atoms with van der Waals surface area (Å²) in [7, 11) is 0. The fraction of sp³-hybridized carbons (Fsp3) is 0.294. The predicted molar refractivity (Wildman–Crippen MR) is 88.8 cm³/mol. The Balaban J connectivity index is 2.32. The molecule has 0 bridgehead atoms. The lowest BCUT2D eigenvalue weighted by molar-refractivity contribution is 0.729. The zero-order chi connectivity index (χ0) is 14.7. The first kappa shape index (κ1) is 15.4. The van der Waals surface area contributed by atoms with E-state index < -0.39 is 0 Å². The van der Waals surface area contributed by atoms with Gasteiger partial charge in [-0.2, -0.15) is 0 Å². The van der Waals surface area contributed by atoms with E-state index in [0.717, 1.165) is 17.0 Å². The largest absolute Gasteiger partial charge is 0.328 e. The summed E-state index contributed by atoms with van der Waals surface area (Å²) in [5.74, 6) is 0. The first-order chi connectivity index (χ1) is 9.47. The quantitative estimate of drug-likeness (QED) is 0.860. The first-order valence-corrected chi connectivity index (χ1v) is 7.95. The van der Waals surface area contributed by atoms with Gasteiger partial charge < -0.3 is 5.73 Å². The van der Waals surface area contributed by atoms with Crippen LogP contribution in [-0.2, 0) is 6.42 Å². The number of aryl methyl sites for hydroxylation is 2. The third-order valence-electron chi connectivity index (χ3n) is 3.31. The van der Waals surface area contributed by atoms with Crippen molar-refractivity contribution in [2.24, 2.45) is 5.73 Å². The van der Waals surface area contributed by atoms with Gasteiger partial charge in [0.1, 0.15) is 0 Å². The Morgan fingerprint density at radius 2 is 1.90 bits per heavy atom. The van der Waals surface area contributed by atoms with E-state index >= 15 is 0 Å². The molecule has 1 unspecified atom stereocenters. The standard InChI is InChI=1S/C17H20ClNS/c1-11-7-8-14(9-12(11)2)20-17-6-4-5-16(18)15(17)10-13(3)19/h4-9,13H,10,19H2,1-3H3. The highest BCUT2D eigenvalue weighted by Gasteiger charge is 2.10. The molecule has 0 heterocycles. The smallest absolute Gasteiger partial charge is 0.0449 e. The molecule has 0 saturated carbocycles. The molecule has 2 rings (SSSR count). The molecule has 0 aliphatic heterocycles. The van der Waals surface area contributed by atoms with Crippen molar-refractivity contribution < 1.29 is 0 Å². The van der Waals surface area contributed by atoms with Crippen LogP contribution in [0.4, 0.5) is 0 Å². The van der Waals surface area contributed by atoms with E-state index in [1.165, 1.54) is 20.9 Å². The number of halogens is 1. The van der Waals surface area contributed by atoms with E-state index in [2.05, 4.69) is 38.1 Å².